The Bertz CT molecular complexity index is 715. The number of carbonyl (C=O) groups excluding carboxylic acids is 1. The van der Waals surface area contributed by atoms with Crippen molar-refractivity contribution in [3.63, 3.8) is 0 Å². The first kappa shape index (κ1) is 18.4. The number of rotatable bonds is 7. The van der Waals surface area contributed by atoms with Crippen LogP contribution in [0.5, 0.6) is 0 Å². The summed E-state index contributed by atoms with van der Waals surface area (Å²) in [5.41, 5.74) is 5.06. The molecule has 0 unspecified atom stereocenters. The van der Waals surface area contributed by atoms with Crippen molar-refractivity contribution in [3.05, 3.63) is 70.8 Å². The molecule has 3 rings (SSSR count). The van der Waals surface area contributed by atoms with Crippen molar-refractivity contribution >= 4 is 6.03 Å². The normalized spacial score (nSPS) is 13.9. The van der Waals surface area contributed by atoms with Gasteiger partial charge in [0.25, 0.3) is 0 Å². The molecule has 138 valence electrons. The van der Waals surface area contributed by atoms with Crippen molar-refractivity contribution in [3.8, 4) is 0 Å². The molecular formula is C21H27N3O2. The fourth-order valence-electron chi connectivity index (χ4n) is 3.24. The molecule has 0 atom stereocenters. The van der Waals surface area contributed by atoms with Gasteiger partial charge in [0.05, 0.1) is 6.61 Å². The molecule has 0 saturated carbocycles. The Morgan fingerprint density at radius 1 is 1.04 bits per heavy atom. The number of hydrogen-bond donors (Lipinski definition) is 2. The number of urea groups is 1. The van der Waals surface area contributed by atoms with E-state index in [0.29, 0.717) is 19.7 Å². The summed E-state index contributed by atoms with van der Waals surface area (Å²) < 4.78 is 5.10. The molecule has 2 N–H and O–H groups in total. The van der Waals surface area contributed by atoms with Crippen LogP contribution in [-0.2, 0) is 30.9 Å². The fourth-order valence-corrected chi connectivity index (χ4v) is 3.24. The Morgan fingerprint density at radius 2 is 1.77 bits per heavy atom. The van der Waals surface area contributed by atoms with Gasteiger partial charge in [-0.05, 0) is 28.7 Å². The van der Waals surface area contributed by atoms with Crippen LogP contribution >= 0.6 is 0 Å². The van der Waals surface area contributed by atoms with Crippen LogP contribution in [0.3, 0.4) is 0 Å². The predicted molar refractivity (Wildman–Crippen MR) is 103 cm³/mol. The summed E-state index contributed by atoms with van der Waals surface area (Å²) in [6.07, 6.45) is 1.08. The molecule has 1 aliphatic heterocycles. The van der Waals surface area contributed by atoms with Crippen LogP contribution in [0.15, 0.2) is 48.5 Å². The van der Waals surface area contributed by atoms with E-state index in [4.69, 9.17) is 4.74 Å². The highest BCUT2D eigenvalue weighted by Gasteiger charge is 2.15. The monoisotopic (exact) mass is 353 g/mol. The average molecular weight is 353 g/mol. The zero-order valence-electron chi connectivity index (χ0n) is 15.3. The Morgan fingerprint density at radius 3 is 2.54 bits per heavy atom. The quantitative estimate of drug-likeness (QED) is 0.805. The minimum atomic E-state index is -0.122. The van der Waals surface area contributed by atoms with Crippen LogP contribution in [0.1, 0.15) is 22.3 Å². The van der Waals surface area contributed by atoms with E-state index in [0.717, 1.165) is 37.2 Å². The highest BCUT2D eigenvalue weighted by molar-refractivity contribution is 5.73. The second-order valence-corrected chi connectivity index (χ2v) is 6.65. The number of benzene rings is 2. The molecular weight excluding hydrogens is 326 g/mol. The van der Waals surface area contributed by atoms with Gasteiger partial charge in [-0.3, -0.25) is 4.90 Å². The molecule has 5 heteroatoms. The van der Waals surface area contributed by atoms with Crippen molar-refractivity contribution in [2.45, 2.75) is 26.1 Å². The van der Waals surface area contributed by atoms with Crippen LogP contribution in [0.25, 0.3) is 0 Å². The van der Waals surface area contributed by atoms with E-state index < -0.39 is 0 Å². The van der Waals surface area contributed by atoms with Gasteiger partial charge in [0, 0.05) is 39.8 Å². The van der Waals surface area contributed by atoms with Crippen molar-refractivity contribution in [1.82, 2.24) is 15.5 Å². The van der Waals surface area contributed by atoms with E-state index >= 15 is 0 Å². The minimum absolute atomic E-state index is 0.122. The molecule has 1 aliphatic rings. The summed E-state index contributed by atoms with van der Waals surface area (Å²) >= 11 is 0. The summed E-state index contributed by atoms with van der Waals surface area (Å²) in [5, 5.41) is 5.85. The molecule has 0 aliphatic carbocycles. The molecule has 2 amide bonds. The zero-order valence-corrected chi connectivity index (χ0v) is 15.3. The van der Waals surface area contributed by atoms with Gasteiger partial charge in [0.2, 0.25) is 0 Å². The van der Waals surface area contributed by atoms with Gasteiger partial charge >= 0.3 is 6.03 Å². The zero-order chi connectivity index (χ0) is 18.2. The van der Waals surface area contributed by atoms with Crippen LogP contribution in [0, 0.1) is 0 Å². The standard InChI is InChI=1S/C21H27N3O2/c1-26-16-18-8-6-17(7-9-18)14-23-21(25)22-11-13-24-12-10-19-4-2-3-5-20(19)15-24/h2-9H,10-16H2,1H3,(H2,22,23,25). The van der Waals surface area contributed by atoms with Crippen LogP contribution in [-0.4, -0.2) is 37.7 Å². The number of hydrogen-bond acceptors (Lipinski definition) is 3. The molecule has 0 aromatic heterocycles. The number of ether oxygens (including phenoxy) is 1. The molecule has 2 aromatic rings. The van der Waals surface area contributed by atoms with Crippen LogP contribution in [0.4, 0.5) is 4.79 Å². The van der Waals surface area contributed by atoms with E-state index in [1.54, 1.807) is 7.11 Å². The second-order valence-electron chi connectivity index (χ2n) is 6.65. The number of fused-ring (bicyclic) bond motifs is 1. The molecule has 0 bridgehead atoms. The average Bonchev–Trinajstić information content (AvgIpc) is 2.67. The molecule has 0 spiro atoms. The maximum absolute atomic E-state index is 12.0. The van der Waals surface area contributed by atoms with E-state index in [9.17, 15) is 4.79 Å². The van der Waals surface area contributed by atoms with Gasteiger partial charge < -0.3 is 15.4 Å². The predicted octanol–water partition coefficient (Wildman–Crippen LogP) is 2.69. The summed E-state index contributed by atoms with van der Waals surface area (Å²) in [5.74, 6) is 0. The Kier molecular flexibility index (Phi) is 6.63. The topological polar surface area (TPSA) is 53.6 Å². The summed E-state index contributed by atoms with van der Waals surface area (Å²) in [4.78, 5) is 14.4. The number of nitrogens with one attached hydrogen (secondary N) is 2. The maximum Gasteiger partial charge on any atom is 0.315 e. The molecule has 5 nitrogen and oxygen atoms in total. The Hall–Kier alpha value is -2.37. The fraction of sp³-hybridized carbons (Fsp3) is 0.381. The first-order valence-electron chi connectivity index (χ1n) is 9.12. The maximum atomic E-state index is 12.0. The molecule has 26 heavy (non-hydrogen) atoms. The van der Waals surface area contributed by atoms with Crippen LogP contribution < -0.4 is 10.6 Å². The minimum Gasteiger partial charge on any atom is -0.380 e. The van der Waals surface area contributed by atoms with Crippen molar-refractivity contribution in [1.29, 1.82) is 0 Å². The first-order chi connectivity index (χ1) is 12.7. The van der Waals surface area contributed by atoms with Gasteiger partial charge in [-0.15, -0.1) is 0 Å². The Labute approximate surface area is 155 Å². The molecule has 0 saturated heterocycles. The van der Waals surface area contributed by atoms with E-state index in [1.807, 2.05) is 24.3 Å². The van der Waals surface area contributed by atoms with Gasteiger partial charge in [0.1, 0.15) is 0 Å². The third-order valence-corrected chi connectivity index (χ3v) is 4.71. The largest absolute Gasteiger partial charge is 0.380 e. The van der Waals surface area contributed by atoms with Gasteiger partial charge in [-0.1, -0.05) is 48.5 Å². The number of methoxy groups -OCH3 is 1. The van der Waals surface area contributed by atoms with Gasteiger partial charge in [0.15, 0.2) is 0 Å². The van der Waals surface area contributed by atoms with E-state index in [1.165, 1.54) is 11.1 Å². The lowest BCUT2D eigenvalue weighted by Crippen LogP contribution is -2.41. The third kappa shape index (κ3) is 5.31. The van der Waals surface area contributed by atoms with Crippen molar-refractivity contribution in [2.75, 3.05) is 26.7 Å². The summed E-state index contributed by atoms with van der Waals surface area (Å²) in [6.45, 7) is 4.67. The molecule has 0 fully saturated rings. The molecule has 1 heterocycles. The molecule has 0 radical (unpaired) electrons. The second kappa shape index (κ2) is 9.36. The Balaban J connectivity index is 1.34. The van der Waals surface area contributed by atoms with Crippen LogP contribution in [0.2, 0.25) is 0 Å². The number of nitrogens with zero attached hydrogens (tertiary/aromatic N) is 1. The van der Waals surface area contributed by atoms with E-state index in [2.05, 4.69) is 39.8 Å². The summed E-state index contributed by atoms with van der Waals surface area (Å²) in [7, 11) is 1.68. The number of amides is 2. The third-order valence-electron chi connectivity index (χ3n) is 4.71. The smallest absolute Gasteiger partial charge is 0.315 e. The lowest BCUT2D eigenvalue weighted by Gasteiger charge is -2.28. The highest BCUT2D eigenvalue weighted by atomic mass is 16.5. The molecule has 2 aromatic carbocycles. The highest BCUT2D eigenvalue weighted by Crippen LogP contribution is 2.17. The van der Waals surface area contributed by atoms with Gasteiger partial charge in [-0.25, -0.2) is 4.79 Å². The first-order valence-corrected chi connectivity index (χ1v) is 9.12. The lowest BCUT2D eigenvalue weighted by atomic mass is 10.00. The number of carbonyl (C=O) groups is 1. The lowest BCUT2D eigenvalue weighted by molar-refractivity contribution is 0.185. The van der Waals surface area contributed by atoms with Gasteiger partial charge in [-0.2, -0.15) is 0 Å². The summed E-state index contributed by atoms with van der Waals surface area (Å²) in [6, 6.07) is 16.5. The van der Waals surface area contributed by atoms with Crippen molar-refractivity contribution in [2.24, 2.45) is 0 Å². The van der Waals surface area contributed by atoms with Crippen molar-refractivity contribution < 1.29 is 9.53 Å². The SMILES string of the molecule is COCc1ccc(CNC(=O)NCCN2CCc3ccccc3C2)cc1. The van der Waals surface area contributed by atoms with E-state index in [-0.39, 0.29) is 6.03 Å².